The molecule has 0 aliphatic carbocycles. The van der Waals surface area contributed by atoms with E-state index in [0.717, 1.165) is 0 Å². The van der Waals surface area contributed by atoms with Crippen molar-refractivity contribution in [3.05, 3.63) is 0 Å². The van der Waals surface area contributed by atoms with E-state index >= 15 is 0 Å². The minimum atomic E-state index is -0.988. The van der Waals surface area contributed by atoms with Gasteiger partial charge >= 0.3 is 18.0 Å². The number of aliphatic carboxylic acids is 1. The van der Waals surface area contributed by atoms with Gasteiger partial charge in [0.2, 0.25) is 0 Å². The van der Waals surface area contributed by atoms with Gasteiger partial charge in [0.25, 0.3) is 0 Å². The number of hydrogen-bond donors (Lipinski definition) is 1. The van der Waals surface area contributed by atoms with Crippen LogP contribution in [0, 0.1) is 0 Å². The average molecular weight is 302 g/mol. The Morgan fingerprint density at radius 2 is 2.14 bits per heavy atom. The maximum Gasteiger partial charge on any atom is 0.325 e. The lowest BCUT2D eigenvalue weighted by atomic mass is 10.1. The molecular formula is C13H22N2O6. The Kier molecular flexibility index (Phi) is 6.93. The largest absolute Gasteiger partial charge is 0.481 e. The molecule has 1 aliphatic heterocycles. The van der Waals surface area contributed by atoms with E-state index in [1.54, 1.807) is 0 Å². The van der Waals surface area contributed by atoms with E-state index in [1.807, 2.05) is 6.92 Å². The van der Waals surface area contributed by atoms with Crippen molar-refractivity contribution in [3.8, 4) is 0 Å². The predicted molar refractivity (Wildman–Crippen MR) is 72.8 cm³/mol. The molecule has 1 fully saturated rings. The van der Waals surface area contributed by atoms with Crippen LogP contribution < -0.4 is 0 Å². The van der Waals surface area contributed by atoms with E-state index in [1.165, 1.54) is 16.9 Å². The molecule has 0 aromatic carbocycles. The number of hydrogen-bond acceptors (Lipinski definition) is 5. The molecule has 1 N–H and O–H groups in total. The number of carboxylic acid groups (broad SMARTS) is 1. The summed E-state index contributed by atoms with van der Waals surface area (Å²) in [5, 5.41) is 8.91. The van der Waals surface area contributed by atoms with Gasteiger partial charge in [0.1, 0.15) is 6.54 Å². The van der Waals surface area contributed by atoms with E-state index in [-0.39, 0.29) is 25.6 Å². The normalized spacial score (nSPS) is 18.2. The number of carbonyl (C=O) groups is 3. The fourth-order valence-electron chi connectivity index (χ4n) is 2.19. The van der Waals surface area contributed by atoms with Crippen LogP contribution in [0.4, 0.5) is 4.79 Å². The number of nitrogens with zero attached hydrogens (tertiary/aromatic N) is 2. The minimum absolute atomic E-state index is 0.139. The number of carboxylic acids is 1. The number of urea groups is 1. The van der Waals surface area contributed by atoms with E-state index in [9.17, 15) is 14.4 Å². The molecule has 1 atom stereocenters. The van der Waals surface area contributed by atoms with Gasteiger partial charge in [-0.1, -0.05) is 6.92 Å². The summed E-state index contributed by atoms with van der Waals surface area (Å²) in [6, 6.07) is -0.863. The van der Waals surface area contributed by atoms with Gasteiger partial charge in [-0.3, -0.25) is 9.59 Å². The van der Waals surface area contributed by atoms with Gasteiger partial charge in [0.15, 0.2) is 0 Å². The summed E-state index contributed by atoms with van der Waals surface area (Å²) in [5.74, 6) is -1.49. The molecule has 1 unspecified atom stereocenters. The SMILES string of the molecule is CCCN(CC(=O)OC)C(=O)N1CCOCC1CC(=O)O. The summed E-state index contributed by atoms with van der Waals surface area (Å²) >= 11 is 0. The van der Waals surface area contributed by atoms with Crippen LogP contribution in [0.25, 0.3) is 0 Å². The van der Waals surface area contributed by atoms with E-state index in [4.69, 9.17) is 9.84 Å². The van der Waals surface area contributed by atoms with Crippen LogP contribution in [0.2, 0.25) is 0 Å². The van der Waals surface area contributed by atoms with Crippen LogP contribution in [0.15, 0.2) is 0 Å². The molecule has 0 bridgehead atoms. The topological polar surface area (TPSA) is 96.4 Å². The summed E-state index contributed by atoms with van der Waals surface area (Å²) in [6.07, 6.45) is 0.514. The number of ether oxygens (including phenoxy) is 2. The van der Waals surface area contributed by atoms with Gasteiger partial charge in [0.05, 0.1) is 32.8 Å². The molecule has 120 valence electrons. The zero-order chi connectivity index (χ0) is 15.8. The highest BCUT2D eigenvalue weighted by molar-refractivity contribution is 5.81. The highest BCUT2D eigenvalue weighted by atomic mass is 16.5. The summed E-state index contributed by atoms with van der Waals surface area (Å²) in [5.41, 5.74) is 0. The maximum absolute atomic E-state index is 12.5. The van der Waals surface area contributed by atoms with Crippen molar-refractivity contribution in [2.24, 2.45) is 0 Å². The van der Waals surface area contributed by atoms with Crippen LogP contribution in [0.3, 0.4) is 0 Å². The lowest BCUT2D eigenvalue weighted by molar-refractivity contribution is -0.142. The monoisotopic (exact) mass is 302 g/mol. The quantitative estimate of drug-likeness (QED) is 0.702. The van der Waals surface area contributed by atoms with Gasteiger partial charge in [0, 0.05) is 13.1 Å². The molecule has 21 heavy (non-hydrogen) atoms. The third kappa shape index (κ3) is 5.22. The van der Waals surface area contributed by atoms with Gasteiger partial charge in [-0.15, -0.1) is 0 Å². The molecule has 8 nitrogen and oxygen atoms in total. The third-order valence-corrected chi connectivity index (χ3v) is 3.20. The Hall–Kier alpha value is -1.83. The van der Waals surface area contributed by atoms with Crippen molar-refractivity contribution in [1.29, 1.82) is 0 Å². The summed E-state index contributed by atoms with van der Waals surface area (Å²) in [6.45, 7) is 3.03. The Morgan fingerprint density at radius 3 is 2.71 bits per heavy atom. The second-order valence-electron chi connectivity index (χ2n) is 4.80. The first kappa shape index (κ1) is 17.2. The number of morpholine rings is 1. The van der Waals surface area contributed by atoms with Gasteiger partial charge in [-0.25, -0.2) is 4.79 Å². The second-order valence-corrected chi connectivity index (χ2v) is 4.80. The predicted octanol–water partition coefficient (Wildman–Crippen LogP) is 0.167. The van der Waals surface area contributed by atoms with Gasteiger partial charge in [-0.05, 0) is 6.42 Å². The molecule has 8 heteroatoms. The zero-order valence-electron chi connectivity index (χ0n) is 12.4. The third-order valence-electron chi connectivity index (χ3n) is 3.20. The van der Waals surface area contributed by atoms with Crippen molar-refractivity contribution in [3.63, 3.8) is 0 Å². The first-order valence-electron chi connectivity index (χ1n) is 6.91. The molecule has 0 aromatic heterocycles. The fraction of sp³-hybridized carbons (Fsp3) is 0.769. The van der Waals surface area contributed by atoms with Crippen LogP contribution in [0.5, 0.6) is 0 Å². The van der Waals surface area contributed by atoms with E-state index < -0.39 is 18.0 Å². The number of carbonyl (C=O) groups excluding carboxylic acids is 2. The first-order chi connectivity index (χ1) is 9.99. The van der Waals surface area contributed by atoms with Crippen molar-refractivity contribution in [1.82, 2.24) is 9.80 Å². The molecular weight excluding hydrogens is 280 g/mol. The fourth-order valence-corrected chi connectivity index (χ4v) is 2.19. The van der Waals surface area contributed by atoms with Crippen LogP contribution in [0.1, 0.15) is 19.8 Å². The maximum atomic E-state index is 12.5. The van der Waals surface area contributed by atoms with Gasteiger partial charge < -0.3 is 24.4 Å². The van der Waals surface area contributed by atoms with Crippen LogP contribution >= 0.6 is 0 Å². The molecule has 0 spiro atoms. The molecule has 0 aromatic rings. The summed E-state index contributed by atoms with van der Waals surface area (Å²) in [4.78, 5) is 37.6. The molecule has 0 saturated carbocycles. The Balaban J connectivity index is 2.78. The molecule has 1 aliphatic rings. The zero-order valence-corrected chi connectivity index (χ0v) is 12.4. The van der Waals surface area contributed by atoms with Crippen LogP contribution in [-0.2, 0) is 19.1 Å². The molecule has 1 saturated heterocycles. The number of esters is 1. The Bertz CT molecular complexity index is 387. The lowest BCUT2D eigenvalue weighted by Crippen LogP contribution is -2.55. The summed E-state index contributed by atoms with van der Waals surface area (Å²) in [7, 11) is 1.26. The van der Waals surface area contributed by atoms with Crippen molar-refractivity contribution >= 4 is 18.0 Å². The highest BCUT2D eigenvalue weighted by Gasteiger charge is 2.32. The molecule has 1 heterocycles. The van der Waals surface area contributed by atoms with Crippen LogP contribution in [-0.4, -0.2) is 78.9 Å². The number of rotatable bonds is 6. The first-order valence-corrected chi connectivity index (χ1v) is 6.91. The average Bonchev–Trinajstić information content (AvgIpc) is 2.46. The van der Waals surface area contributed by atoms with E-state index in [2.05, 4.69) is 4.74 Å². The number of amides is 2. The standard InChI is InChI=1S/C13H22N2O6/c1-3-4-14(8-12(18)20-2)13(19)15-5-6-21-9-10(15)7-11(16)17/h10H,3-9H2,1-2H3,(H,16,17). The Labute approximate surface area is 123 Å². The molecule has 2 amide bonds. The second kappa shape index (κ2) is 8.46. The molecule has 0 radical (unpaired) electrons. The van der Waals surface area contributed by atoms with Crippen molar-refractivity contribution in [2.75, 3.05) is 40.0 Å². The lowest BCUT2D eigenvalue weighted by Gasteiger charge is -2.38. The minimum Gasteiger partial charge on any atom is -0.481 e. The van der Waals surface area contributed by atoms with Crippen molar-refractivity contribution in [2.45, 2.75) is 25.8 Å². The van der Waals surface area contributed by atoms with Crippen molar-refractivity contribution < 1.29 is 29.0 Å². The summed E-state index contributed by atoms with van der Waals surface area (Å²) < 4.78 is 9.82. The van der Waals surface area contributed by atoms with Gasteiger partial charge in [-0.2, -0.15) is 0 Å². The smallest absolute Gasteiger partial charge is 0.325 e. The number of methoxy groups -OCH3 is 1. The highest BCUT2D eigenvalue weighted by Crippen LogP contribution is 2.14. The Morgan fingerprint density at radius 1 is 1.43 bits per heavy atom. The molecule has 1 rings (SSSR count). The van der Waals surface area contributed by atoms with E-state index in [0.29, 0.717) is 26.1 Å².